The SMILES string of the molecule is CC1(C)CCC[C@@]2(C)c3ccsc3C(=O)[C@@H]12. The van der Waals surface area contributed by atoms with Crippen LogP contribution >= 0.6 is 11.3 Å². The maximum absolute atomic E-state index is 12.5. The van der Waals surface area contributed by atoms with Crippen molar-refractivity contribution in [2.24, 2.45) is 11.3 Å². The highest BCUT2D eigenvalue weighted by Gasteiger charge is 2.57. The standard InChI is InChI=1S/C14H18OS/c1-13(2)6-4-7-14(3)9-5-8-16-11(9)10(15)12(13)14/h5,8,12H,4,6-7H2,1-3H3/t12-,14-/m0/s1. The number of rotatable bonds is 0. The van der Waals surface area contributed by atoms with E-state index in [1.807, 2.05) is 0 Å². The van der Waals surface area contributed by atoms with Crippen molar-refractivity contribution in [2.75, 3.05) is 0 Å². The molecule has 1 aromatic heterocycles. The Labute approximate surface area is 101 Å². The van der Waals surface area contributed by atoms with Gasteiger partial charge in [0.1, 0.15) is 0 Å². The Kier molecular flexibility index (Phi) is 1.96. The number of carbonyl (C=O) groups excluding carboxylic acids is 1. The Hall–Kier alpha value is -0.630. The Morgan fingerprint density at radius 3 is 2.81 bits per heavy atom. The van der Waals surface area contributed by atoms with Gasteiger partial charge in [-0.05, 0) is 35.3 Å². The average Bonchev–Trinajstić information content (AvgIpc) is 2.70. The van der Waals surface area contributed by atoms with Crippen LogP contribution in [0.2, 0.25) is 0 Å². The predicted octanol–water partition coefficient (Wildman–Crippen LogP) is 4.03. The zero-order valence-corrected chi connectivity index (χ0v) is 11.0. The second-order valence-electron chi connectivity index (χ2n) is 6.22. The molecule has 0 aromatic carbocycles. The van der Waals surface area contributed by atoms with Gasteiger partial charge in [0, 0.05) is 11.3 Å². The first-order chi connectivity index (χ1) is 7.47. The molecule has 1 nitrogen and oxygen atoms in total. The maximum atomic E-state index is 12.5. The fraction of sp³-hybridized carbons (Fsp3) is 0.643. The molecule has 0 spiro atoms. The molecule has 0 aliphatic heterocycles. The lowest BCUT2D eigenvalue weighted by molar-refractivity contribution is 0.0501. The minimum Gasteiger partial charge on any atom is -0.293 e. The molecule has 86 valence electrons. The third-order valence-electron chi connectivity index (χ3n) is 4.70. The third-order valence-corrected chi connectivity index (χ3v) is 5.63. The number of Topliss-reactive ketones (excluding diaryl/α,β-unsaturated/α-hetero) is 1. The molecule has 16 heavy (non-hydrogen) atoms. The summed E-state index contributed by atoms with van der Waals surface area (Å²) < 4.78 is 0. The lowest BCUT2D eigenvalue weighted by atomic mass is 9.56. The van der Waals surface area contributed by atoms with Gasteiger partial charge in [0.25, 0.3) is 0 Å². The van der Waals surface area contributed by atoms with E-state index >= 15 is 0 Å². The quantitative estimate of drug-likeness (QED) is 0.662. The Morgan fingerprint density at radius 2 is 2.06 bits per heavy atom. The van der Waals surface area contributed by atoms with Crippen LogP contribution in [0.5, 0.6) is 0 Å². The maximum Gasteiger partial charge on any atom is 0.177 e. The van der Waals surface area contributed by atoms with Gasteiger partial charge >= 0.3 is 0 Å². The van der Waals surface area contributed by atoms with Crippen molar-refractivity contribution in [2.45, 2.75) is 45.4 Å². The van der Waals surface area contributed by atoms with Crippen LogP contribution in [0.3, 0.4) is 0 Å². The van der Waals surface area contributed by atoms with Crippen molar-refractivity contribution in [1.29, 1.82) is 0 Å². The molecule has 2 atom stereocenters. The van der Waals surface area contributed by atoms with Crippen molar-refractivity contribution < 1.29 is 4.79 Å². The van der Waals surface area contributed by atoms with Gasteiger partial charge in [0.2, 0.25) is 0 Å². The predicted molar refractivity (Wildman–Crippen MR) is 67.1 cm³/mol. The number of hydrogen-bond donors (Lipinski definition) is 0. The second kappa shape index (κ2) is 2.98. The molecule has 1 fully saturated rings. The Morgan fingerprint density at radius 1 is 1.31 bits per heavy atom. The molecule has 0 saturated heterocycles. The minimum atomic E-state index is 0.119. The van der Waals surface area contributed by atoms with Crippen molar-refractivity contribution in [3.63, 3.8) is 0 Å². The van der Waals surface area contributed by atoms with Crippen molar-refractivity contribution in [3.05, 3.63) is 21.9 Å². The summed E-state index contributed by atoms with van der Waals surface area (Å²) in [7, 11) is 0. The molecular weight excluding hydrogens is 216 g/mol. The van der Waals surface area contributed by atoms with E-state index in [2.05, 4.69) is 32.2 Å². The van der Waals surface area contributed by atoms with Crippen molar-refractivity contribution >= 4 is 17.1 Å². The van der Waals surface area contributed by atoms with E-state index in [0.29, 0.717) is 5.78 Å². The zero-order valence-electron chi connectivity index (χ0n) is 10.2. The van der Waals surface area contributed by atoms with Gasteiger partial charge in [-0.3, -0.25) is 4.79 Å². The summed E-state index contributed by atoms with van der Waals surface area (Å²) in [6.45, 7) is 6.84. The Balaban J connectivity index is 2.20. The van der Waals surface area contributed by atoms with Gasteiger partial charge in [-0.1, -0.05) is 27.2 Å². The molecule has 0 N–H and O–H groups in total. The summed E-state index contributed by atoms with van der Waals surface area (Å²) in [5.41, 5.74) is 1.62. The molecule has 0 unspecified atom stereocenters. The lowest BCUT2D eigenvalue weighted by Crippen LogP contribution is -2.44. The van der Waals surface area contributed by atoms with Gasteiger partial charge in [-0.2, -0.15) is 0 Å². The summed E-state index contributed by atoms with van der Waals surface area (Å²) in [6.07, 6.45) is 3.62. The van der Waals surface area contributed by atoms with E-state index < -0.39 is 0 Å². The first kappa shape index (κ1) is 10.5. The van der Waals surface area contributed by atoms with Crippen LogP contribution in [-0.4, -0.2) is 5.78 Å². The minimum absolute atomic E-state index is 0.119. The van der Waals surface area contributed by atoms with Crippen molar-refractivity contribution in [1.82, 2.24) is 0 Å². The molecule has 2 heteroatoms. The molecule has 0 bridgehead atoms. The third kappa shape index (κ3) is 1.09. The number of fused-ring (bicyclic) bond motifs is 3. The van der Waals surface area contributed by atoms with Gasteiger partial charge in [-0.25, -0.2) is 0 Å². The van der Waals surface area contributed by atoms with Gasteiger partial charge < -0.3 is 0 Å². The number of carbonyl (C=O) groups is 1. The summed E-state index contributed by atoms with van der Waals surface area (Å²) >= 11 is 1.64. The van der Waals surface area contributed by atoms with Crippen LogP contribution in [0.25, 0.3) is 0 Å². The van der Waals surface area contributed by atoms with Crippen LogP contribution in [0.15, 0.2) is 11.4 Å². The topological polar surface area (TPSA) is 17.1 Å². The fourth-order valence-electron chi connectivity index (χ4n) is 4.08. The van der Waals surface area contributed by atoms with Gasteiger partial charge in [-0.15, -0.1) is 11.3 Å². The summed E-state index contributed by atoms with van der Waals surface area (Å²) in [5.74, 6) is 0.633. The first-order valence-corrected chi connectivity index (χ1v) is 6.97. The van der Waals surface area contributed by atoms with E-state index in [4.69, 9.17) is 0 Å². The molecule has 2 aliphatic rings. The highest BCUT2D eigenvalue weighted by molar-refractivity contribution is 7.12. The zero-order chi connectivity index (χ0) is 11.6. The molecule has 1 heterocycles. The van der Waals surface area contributed by atoms with E-state index in [1.165, 1.54) is 24.8 Å². The Bertz CT molecular complexity index is 457. The molecular formula is C14H18OS. The van der Waals surface area contributed by atoms with Gasteiger partial charge in [0.05, 0.1) is 4.88 Å². The van der Waals surface area contributed by atoms with E-state index in [1.54, 1.807) is 11.3 Å². The van der Waals surface area contributed by atoms with E-state index in [0.717, 1.165) is 4.88 Å². The molecule has 1 saturated carbocycles. The normalized spacial score (nSPS) is 35.9. The molecule has 3 rings (SSSR count). The van der Waals surface area contributed by atoms with Crippen LogP contribution < -0.4 is 0 Å². The van der Waals surface area contributed by atoms with Crippen LogP contribution in [-0.2, 0) is 5.41 Å². The number of ketones is 1. The summed E-state index contributed by atoms with van der Waals surface area (Å²) in [5, 5.41) is 2.08. The number of hydrogen-bond acceptors (Lipinski definition) is 2. The van der Waals surface area contributed by atoms with E-state index in [9.17, 15) is 4.79 Å². The van der Waals surface area contributed by atoms with Gasteiger partial charge in [0.15, 0.2) is 5.78 Å². The highest BCUT2D eigenvalue weighted by atomic mass is 32.1. The molecule has 0 amide bonds. The second-order valence-corrected chi connectivity index (χ2v) is 7.14. The first-order valence-electron chi connectivity index (χ1n) is 6.09. The van der Waals surface area contributed by atoms with Crippen molar-refractivity contribution in [3.8, 4) is 0 Å². The highest BCUT2D eigenvalue weighted by Crippen LogP contribution is 2.58. The fourth-order valence-corrected chi connectivity index (χ4v) is 5.08. The van der Waals surface area contributed by atoms with Crippen LogP contribution in [0, 0.1) is 11.3 Å². The smallest absolute Gasteiger partial charge is 0.177 e. The number of thiophene rings is 1. The molecule has 2 aliphatic carbocycles. The lowest BCUT2D eigenvalue weighted by Gasteiger charge is -2.46. The molecule has 0 radical (unpaired) electrons. The summed E-state index contributed by atoms with van der Waals surface area (Å²) in [6, 6.07) is 2.18. The van der Waals surface area contributed by atoms with E-state index in [-0.39, 0.29) is 16.7 Å². The average molecular weight is 234 g/mol. The monoisotopic (exact) mass is 234 g/mol. The van der Waals surface area contributed by atoms with Crippen LogP contribution in [0.1, 0.15) is 55.3 Å². The summed E-state index contributed by atoms with van der Waals surface area (Å²) in [4.78, 5) is 13.6. The van der Waals surface area contributed by atoms with Crippen LogP contribution in [0.4, 0.5) is 0 Å². The largest absolute Gasteiger partial charge is 0.293 e. The molecule has 1 aromatic rings.